The highest BCUT2D eigenvalue weighted by Gasteiger charge is 2.14. The number of aromatic nitrogens is 3. The summed E-state index contributed by atoms with van der Waals surface area (Å²) in [4.78, 5) is 18.3. The number of para-hydroxylation sites is 1. The first-order valence-corrected chi connectivity index (χ1v) is 13.6. The van der Waals surface area contributed by atoms with Crippen LogP contribution in [0, 0.1) is 13.8 Å². The van der Waals surface area contributed by atoms with Crippen LogP contribution >= 0.6 is 11.6 Å². The van der Waals surface area contributed by atoms with E-state index in [1.54, 1.807) is 12.3 Å². The Morgan fingerprint density at radius 2 is 1.59 bits per heavy atom. The smallest absolute Gasteiger partial charge is 0.282 e. The van der Waals surface area contributed by atoms with Crippen molar-refractivity contribution >= 4 is 28.7 Å². The Morgan fingerprint density at radius 1 is 0.878 bits per heavy atom. The van der Waals surface area contributed by atoms with E-state index in [1.807, 2.05) is 104 Å². The standard InChI is InChI=1S/C34H27ClN4O2/c1-23-20-27(24(2)38(23)29-16-18-30(19-17-29)41-22-25-12-14-28(35)15-13-25)21-36-39-33(26-8-4-3-5-9-26)37-32-11-7-6-10-31(32)34(39)40/h3-21H,22H2,1-2H3. The maximum atomic E-state index is 13.5. The molecule has 0 unspecified atom stereocenters. The number of halogens is 1. The SMILES string of the molecule is Cc1cc(C=Nn2c(-c3ccccc3)nc3ccccc3c2=O)c(C)n1-c1ccc(OCc2ccc(Cl)cc2)cc1. The summed E-state index contributed by atoms with van der Waals surface area (Å²) in [6.45, 7) is 4.56. The van der Waals surface area contributed by atoms with Crippen LogP contribution in [0.3, 0.4) is 0 Å². The van der Waals surface area contributed by atoms with Crippen LogP contribution in [0.1, 0.15) is 22.5 Å². The van der Waals surface area contributed by atoms with Gasteiger partial charge in [-0.25, -0.2) is 4.98 Å². The number of fused-ring (bicyclic) bond motifs is 1. The van der Waals surface area contributed by atoms with Crippen molar-refractivity contribution in [3.63, 3.8) is 0 Å². The van der Waals surface area contributed by atoms with Gasteiger partial charge in [-0.1, -0.05) is 66.2 Å². The average Bonchev–Trinajstić information content (AvgIpc) is 3.29. The molecule has 0 aliphatic rings. The molecule has 0 amide bonds. The van der Waals surface area contributed by atoms with Gasteiger partial charge >= 0.3 is 0 Å². The first-order valence-electron chi connectivity index (χ1n) is 13.3. The van der Waals surface area contributed by atoms with Crippen molar-refractivity contribution in [3.8, 4) is 22.8 Å². The molecule has 6 nitrogen and oxygen atoms in total. The van der Waals surface area contributed by atoms with Crippen LogP contribution < -0.4 is 10.3 Å². The highest BCUT2D eigenvalue weighted by atomic mass is 35.5. The van der Waals surface area contributed by atoms with Crippen molar-refractivity contribution in [1.29, 1.82) is 0 Å². The molecular weight excluding hydrogens is 532 g/mol. The fraction of sp³-hybridized carbons (Fsp3) is 0.0882. The number of ether oxygens (including phenoxy) is 1. The van der Waals surface area contributed by atoms with E-state index in [4.69, 9.17) is 21.3 Å². The number of benzene rings is 4. The Bertz CT molecular complexity index is 1920. The Kier molecular flexibility index (Phi) is 7.23. The van der Waals surface area contributed by atoms with Crippen molar-refractivity contribution in [1.82, 2.24) is 14.2 Å². The van der Waals surface area contributed by atoms with Crippen LogP contribution in [0.25, 0.3) is 28.0 Å². The minimum absolute atomic E-state index is 0.214. The zero-order chi connectivity index (χ0) is 28.3. The van der Waals surface area contributed by atoms with Gasteiger partial charge in [0.05, 0.1) is 17.1 Å². The quantitative estimate of drug-likeness (QED) is 0.190. The van der Waals surface area contributed by atoms with Crippen LogP contribution in [0.5, 0.6) is 5.75 Å². The lowest BCUT2D eigenvalue weighted by Gasteiger charge is -2.12. The molecule has 0 aliphatic heterocycles. The number of hydrogen-bond acceptors (Lipinski definition) is 4. The van der Waals surface area contributed by atoms with E-state index in [0.717, 1.165) is 39.5 Å². The second-order valence-corrected chi connectivity index (χ2v) is 10.2. The van der Waals surface area contributed by atoms with E-state index in [2.05, 4.69) is 22.7 Å². The first-order chi connectivity index (χ1) is 20.0. The molecule has 0 atom stereocenters. The van der Waals surface area contributed by atoms with Gasteiger partial charge < -0.3 is 9.30 Å². The molecule has 2 aromatic heterocycles. The minimum Gasteiger partial charge on any atom is -0.489 e. The van der Waals surface area contributed by atoms with Crippen LogP contribution in [0.15, 0.2) is 119 Å². The lowest BCUT2D eigenvalue weighted by atomic mass is 10.2. The van der Waals surface area contributed by atoms with E-state index < -0.39 is 0 Å². The van der Waals surface area contributed by atoms with E-state index in [9.17, 15) is 4.79 Å². The Morgan fingerprint density at radius 3 is 2.34 bits per heavy atom. The van der Waals surface area contributed by atoms with Crippen molar-refractivity contribution in [2.45, 2.75) is 20.5 Å². The lowest BCUT2D eigenvalue weighted by molar-refractivity contribution is 0.306. The summed E-state index contributed by atoms with van der Waals surface area (Å²) in [5, 5.41) is 5.89. The molecule has 6 rings (SSSR count). The third kappa shape index (κ3) is 5.42. The van der Waals surface area contributed by atoms with Gasteiger partial charge in [0.2, 0.25) is 0 Å². The molecule has 0 fully saturated rings. The van der Waals surface area contributed by atoms with Crippen LogP contribution in [0.4, 0.5) is 0 Å². The summed E-state index contributed by atoms with van der Waals surface area (Å²) >= 11 is 5.97. The zero-order valence-corrected chi connectivity index (χ0v) is 23.4. The van der Waals surface area contributed by atoms with Crippen LogP contribution in [-0.4, -0.2) is 20.4 Å². The Balaban J connectivity index is 1.30. The van der Waals surface area contributed by atoms with E-state index >= 15 is 0 Å². The van der Waals surface area contributed by atoms with Gasteiger partial charge in [0.1, 0.15) is 12.4 Å². The summed E-state index contributed by atoms with van der Waals surface area (Å²) in [7, 11) is 0. The normalized spacial score (nSPS) is 11.4. The Labute approximate surface area is 242 Å². The molecule has 0 aliphatic carbocycles. The molecule has 41 heavy (non-hydrogen) atoms. The fourth-order valence-electron chi connectivity index (χ4n) is 4.88. The third-order valence-electron chi connectivity index (χ3n) is 6.98. The van der Waals surface area contributed by atoms with Crippen molar-refractivity contribution in [3.05, 3.63) is 147 Å². The van der Waals surface area contributed by atoms with Gasteiger partial charge in [-0.2, -0.15) is 9.78 Å². The molecule has 0 bridgehead atoms. The summed E-state index contributed by atoms with van der Waals surface area (Å²) in [5.41, 5.74) is 6.26. The van der Waals surface area contributed by atoms with Gasteiger partial charge in [0.25, 0.3) is 5.56 Å². The molecule has 6 aromatic rings. The molecule has 0 saturated carbocycles. The molecule has 2 heterocycles. The fourth-order valence-corrected chi connectivity index (χ4v) is 5.01. The first kappa shape index (κ1) is 26.3. The van der Waals surface area contributed by atoms with Crippen LogP contribution in [0.2, 0.25) is 5.02 Å². The van der Waals surface area contributed by atoms with Gasteiger partial charge in [0.15, 0.2) is 5.82 Å². The summed E-state index contributed by atoms with van der Waals surface area (Å²) in [5.74, 6) is 1.28. The van der Waals surface area contributed by atoms with Crippen LogP contribution in [-0.2, 0) is 6.61 Å². The molecule has 4 aromatic carbocycles. The summed E-state index contributed by atoms with van der Waals surface area (Å²) < 4.78 is 9.50. The molecule has 0 spiro atoms. The molecule has 7 heteroatoms. The topological polar surface area (TPSA) is 61.4 Å². The average molecular weight is 559 g/mol. The lowest BCUT2D eigenvalue weighted by Crippen LogP contribution is -2.20. The van der Waals surface area contributed by atoms with Gasteiger partial charge in [-0.05, 0) is 74.0 Å². The predicted molar refractivity (Wildman–Crippen MR) is 165 cm³/mol. The highest BCUT2D eigenvalue weighted by Crippen LogP contribution is 2.24. The van der Waals surface area contributed by atoms with E-state index in [1.165, 1.54) is 4.68 Å². The molecule has 0 saturated heterocycles. The molecular formula is C34H27ClN4O2. The molecule has 202 valence electrons. The Hall–Kier alpha value is -4.94. The summed E-state index contributed by atoms with van der Waals surface area (Å²) in [6, 6.07) is 34.7. The minimum atomic E-state index is -0.214. The van der Waals surface area contributed by atoms with Crippen molar-refractivity contribution in [2.24, 2.45) is 5.10 Å². The maximum absolute atomic E-state index is 13.5. The van der Waals surface area contributed by atoms with Crippen molar-refractivity contribution < 1.29 is 4.74 Å². The van der Waals surface area contributed by atoms with Gasteiger partial charge in [0, 0.05) is 33.2 Å². The number of hydrogen-bond donors (Lipinski definition) is 0. The second-order valence-electron chi connectivity index (χ2n) is 9.75. The second kappa shape index (κ2) is 11.3. The highest BCUT2D eigenvalue weighted by molar-refractivity contribution is 6.30. The van der Waals surface area contributed by atoms with Gasteiger partial charge in [-0.15, -0.1) is 0 Å². The van der Waals surface area contributed by atoms with Gasteiger partial charge in [-0.3, -0.25) is 4.79 Å². The van der Waals surface area contributed by atoms with E-state index in [0.29, 0.717) is 28.4 Å². The number of rotatable bonds is 7. The van der Waals surface area contributed by atoms with E-state index in [-0.39, 0.29) is 5.56 Å². The monoisotopic (exact) mass is 558 g/mol. The molecule has 0 N–H and O–H groups in total. The zero-order valence-electron chi connectivity index (χ0n) is 22.7. The largest absolute Gasteiger partial charge is 0.489 e. The molecule has 0 radical (unpaired) electrons. The number of nitrogens with zero attached hydrogens (tertiary/aromatic N) is 4. The maximum Gasteiger partial charge on any atom is 0.282 e. The number of aryl methyl sites for hydroxylation is 1. The third-order valence-corrected chi connectivity index (χ3v) is 7.23. The van der Waals surface area contributed by atoms with Crippen molar-refractivity contribution in [2.75, 3.05) is 0 Å². The summed E-state index contributed by atoms with van der Waals surface area (Å²) in [6.07, 6.45) is 1.73. The predicted octanol–water partition coefficient (Wildman–Crippen LogP) is 7.59.